The van der Waals surface area contributed by atoms with Gasteiger partial charge in [0.2, 0.25) is 0 Å². The lowest BCUT2D eigenvalue weighted by Gasteiger charge is -2.28. The summed E-state index contributed by atoms with van der Waals surface area (Å²) in [5, 5.41) is 3.14. The number of rotatable bonds is 4. The molecule has 17 heavy (non-hydrogen) atoms. The lowest BCUT2D eigenvalue weighted by molar-refractivity contribution is 0.362. The molecule has 0 aromatic carbocycles. The Labute approximate surface area is 104 Å². The van der Waals surface area contributed by atoms with Gasteiger partial charge in [-0.15, -0.1) is 0 Å². The molecule has 1 N–H and O–H groups in total. The Balaban J connectivity index is 1.95. The molecule has 1 fully saturated rings. The van der Waals surface area contributed by atoms with Gasteiger partial charge < -0.3 is 10.2 Å². The first-order valence-electron chi connectivity index (χ1n) is 6.63. The molecule has 1 aliphatic rings. The maximum atomic E-state index is 4.27. The summed E-state index contributed by atoms with van der Waals surface area (Å²) in [6.07, 6.45) is 10.8. The Morgan fingerprint density at radius 2 is 2.06 bits per heavy atom. The van der Waals surface area contributed by atoms with E-state index in [0.29, 0.717) is 0 Å². The number of anilines is 2. The Hall–Kier alpha value is -1.25. The molecule has 3 nitrogen and oxygen atoms in total. The topological polar surface area (TPSA) is 28.2 Å². The zero-order valence-corrected chi connectivity index (χ0v) is 10.9. The molecule has 0 amide bonds. The van der Waals surface area contributed by atoms with Crippen molar-refractivity contribution in [1.82, 2.24) is 4.98 Å². The fourth-order valence-electron chi connectivity index (χ4n) is 2.64. The Bertz CT molecular complexity index is 345. The van der Waals surface area contributed by atoms with E-state index < -0.39 is 0 Å². The summed E-state index contributed by atoms with van der Waals surface area (Å²) in [4.78, 5) is 6.60. The highest BCUT2D eigenvalue weighted by atomic mass is 15.1. The highest BCUT2D eigenvalue weighted by molar-refractivity contribution is 5.54. The second-order valence-electron chi connectivity index (χ2n) is 5.07. The summed E-state index contributed by atoms with van der Waals surface area (Å²) in [5.41, 5.74) is 2.29. The SMILES string of the molecule is CNc1cncc(N(C)CC2CCCCC2)c1. The van der Waals surface area contributed by atoms with Crippen molar-refractivity contribution in [2.24, 2.45) is 5.92 Å². The Morgan fingerprint density at radius 1 is 1.29 bits per heavy atom. The normalized spacial score (nSPS) is 16.8. The molecule has 1 aromatic rings. The van der Waals surface area contributed by atoms with Crippen LogP contribution in [0.1, 0.15) is 32.1 Å². The molecule has 0 unspecified atom stereocenters. The van der Waals surface area contributed by atoms with Gasteiger partial charge >= 0.3 is 0 Å². The molecule has 1 aliphatic carbocycles. The van der Waals surface area contributed by atoms with Gasteiger partial charge in [-0.3, -0.25) is 4.98 Å². The van der Waals surface area contributed by atoms with E-state index in [1.807, 2.05) is 19.4 Å². The van der Waals surface area contributed by atoms with Gasteiger partial charge in [-0.25, -0.2) is 0 Å². The summed E-state index contributed by atoms with van der Waals surface area (Å²) in [7, 11) is 4.10. The van der Waals surface area contributed by atoms with Gasteiger partial charge in [0.25, 0.3) is 0 Å². The minimum atomic E-state index is 0.868. The summed E-state index contributed by atoms with van der Waals surface area (Å²) in [6, 6.07) is 2.16. The van der Waals surface area contributed by atoms with Crippen molar-refractivity contribution in [1.29, 1.82) is 0 Å². The average Bonchev–Trinajstić information content (AvgIpc) is 2.40. The molecule has 1 saturated carbocycles. The van der Waals surface area contributed by atoms with Crippen LogP contribution < -0.4 is 10.2 Å². The molecule has 94 valence electrons. The number of nitrogens with one attached hydrogen (secondary N) is 1. The number of pyridine rings is 1. The summed E-state index contributed by atoms with van der Waals surface area (Å²) >= 11 is 0. The largest absolute Gasteiger partial charge is 0.387 e. The lowest BCUT2D eigenvalue weighted by Crippen LogP contribution is -2.26. The molecule has 0 spiro atoms. The lowest BCUT2D eigenvalue weighted by atomic mass is 9.89. The van der Waals surface area contributed by atoms with Crippen molar-refractivity contribution < 1.29 is 0 Å². The van der Waals surface area contributed by atoms with E-state index in [1.165, 1.54) is 37.8 Å². The molecule has 0 saturated heterocycles. The highest BCUT2D eigenvalue weighted by Gasteiger charge is 2.15. The fraction of sp³-hybridized carbons (Fsp3) is 0.643. The van der Waals surface area contributed by atoms with Crippen molar-refractivity contribution in [2.75, 3.05) is 30.9 Å². The van der Waals surface area contributed by atoms with E-state index in [9.17, 15) is 0 Å². The van der Waals surface area contributed by atoms with E-state index in [1.54, 1.807) is 0 Å². The fourth-order valence-corrected chi connectivity index (χ4v) is 2.64. The summed E-state index contributed by atoms with van der Waals surface area (Å²) in [6.45, 7) is 1.16. The third-order valence-electron chi connectivity index (χ3n) is 3.71. The van der Waals surface area contributed by atoms with Crippen LogP contribution in [0.25, 0.3) is 0 Å². The first-order valence-corrected chi connectivity index (χ1v) is 6.63. The number of hydrogen-bond donors (Lipinski definition) is 1. The summed E-state index contributed by atoms with van der Waals surface area (Å²) in [5.74, 6) is 0.868. The number of aromatic nitrogens is 1. The van der Waals surface area contributed by atoms with Gasteiger partial charge in [-0.1, -0.05) is 19.3 Å². The Morgan fingerprint density at radius 3 is 2.76 bits per heavy atom. The molecule has 1 heterocycles. The standard InChI is InChI=1S/C14H23N3/c1-15-13-8-14(10-16-9-13)17(2)11-12-6-4-3-5-7-12/h8-10,12,15H,3-7,11H2,1-2H3. The van der Waals surface area contributed by atoms with Crippen LogP contribution in [-0.4, -0.2) is 25.6 Å². The van der Waals surface area contributed by atoms with E-state index >= 15 is 0 Å². The average molecular weight is 233 g/mol. The van der Waals surface area contributed by atoms with Crippen LogP contribution in [0.3, 0.4) is 0 Å². The predicted octanol–water partition coefficient (Wildman–Crippen LogP) is 3.14. The van der Waals surface area contributed by atoms with Gasteiger partial charge in [-0.2, -0.15) is 0 Å². The maximum absolute atomic E-state index is 4.27. The van der Waals surface area contributed by atoms with Crippen LogP contribution in [0, 0.1) is 5.92 Å². The maximum Gasteiger partial charge on any atom is 0.0570 e. The monoisotopic (exact) mass is 233 g/mol. The quantitative estimate of drug-likeness (QED) is 0.866. The van der Waals surface area contributed by atoms with Crippen LogP contribution in [-0.2, 0) is 0 Å². The molecule has 3 heteroatoms. The molecular weight excluding hydrogens is 210 g/mol. The summed E-state index contributed by atoms with van der Waals surface area (Å²) < 4.78 is 0. The van der Waals surface area contributed by atoms with Crippen molar-refractivity contribution in [3.63, 3.8) is 0 Å². The van der Waals surface area contributed by atoms with Crippen molar-refractivity contribution in [2.45, 2.75) is 32.1 Å². The second kappa shape index (κ2) is 5.89. The van der Waals surface area contributed by atoms with E-state index in [0.717, 1.165) is 18.2 Å². The van der Waals surface area contributed by atoms with Gasteiger partial charge in [-0.05, 0) is 24.8 Å². The molecule has 2 rings (SSSR count). The first-order chi connectivity index (χ1) is 8.29. The molecule has 0 bridgehead atoms. The van der Waals surface area contributed by atoms with Crippen molar-refractivity contribution in [3.05, 3.63) is 18.5 Å². The molecule has 1 aromatic heterocycles. The third-order valence-corrected chi connectivity index (χ3v) is 3.71. The van der Waals surface area contributed by atoms with Gasteiger partial charge in [0.05, 0.1) is 23.8 Å². The third kappa shape index (κ3) is 3.35. The zero-order chi connectivity index (χ0) is 12.1. The second-order valence-corrected chi connectivity index (χ2v) is 5.07. The smallest absolute Gasteiger partial charge is 0.0570 e. The van der Waals surface area contributed by atoms with Gasteiger partial charge in [0, 0.05) is 20.6 Å². The van der Waals surface area contributed by atoms with E-state index in [4.69, 9.17) is 0 Å². The zero-order valence-electron chi connectivity index (χ0n) is 10.9. The number of hydrogen-bond acceptors (Lipinski definition) is 3. The van der Waals surface area contributed by atoms with Crippen LogP contribution in [0.2, 0.25) is 0 Å². The van der Waals surface area contributed by atoms with Gasteiger partial charge in [0.15, 0.2) is 0 Å². The van der Waals surface area contributed by atoms with Crippen LogP contribution in [0.15, 0.2) is 18.5 Å². The van der Waals surface area contributed by atoms with E-state index in [2.05, 4.69) is 28.3 Å². The Kier molecular flexibility index (Phi) is 4.24. The van der Waals surface area contributed by atoms with Crippen molar-refractivity contribution in [3.8, 4) is 0 Å². The molecule has 0 atom stereocenters. The van der Waals surface area contributed by atoms with Crippen LogP contribution in [0.4, 0.5) is 11.4 Å². The minimum Gasteiger partial charge on any atom is -0.387 e. The minimum absolute atomic E-state index is 0.868. The molecular formula is C14H23N3. The number of nitrogens with zero attached hydrogens (tertiary/aromatic N) is 2. The van der Waals surface area contributed by atoms with Gasteiger partial charge in [0.1, 0.15) is 0 Å². The predicted molar refractivity (Wildman–Crippen MR) is 73.6 cm³/mol. The van der Waals surface area contributed by atoms with Crippen LogP contribution >= 0.6 is 0 Å². The highest BCUT2D eigenvalue weighted by Crippen LogP contribution is 2.26. The van der Waals surface area contributed by atoms with Crippen molar-refractivity contribution >= 4 is 11.4 Å². The molecule has 0 aliphatic heterocycles. The molecule has 0 radical (unpaired) electrons. The first kappa shape index (κ1) is 12.2. The van der Waals surface area contributed by atoms with E-state index in [-0.39, 0.29) is 0 Å². The van der Waals surface area contributed by atoms with Crippen LogP contribution in [0.5, 0.6) is 0 Å².